The molecule has 40 heavy (non-hydrogen) atoms. The minimum atomic E-state index is -0.670. The first-order valence-electron chi connectivity index (χ1n) is 12.8. The number of piperidine rings is 1. The highest BCUT2D eigenvalue weighted by molar-refractivity contribution is 6.32. The number of nitrogens with zero attached hydrogens (tertiary/aromatic N) is 1. The van der Waals surface area contributed by atoms with E-state index in [0.717, 1.165) is 22.3 Å². The SMILES string of the molecule is NCc1ccc(COc2ccc(NC(=O)NCc3ccc4c(c3)CN(C3CCC(=O)NC3=O)C4=O)cc2Cl)cc1. The molecule has 1 atom stereocenters. The Hall–Kier alpha value is -4.41. The predicted molar refractivity (Wildman–Crippen MR) is 148 cm³/mol. The van der Waals surface area contributed by atoms with Gasteiger partial charge in [0.25, 0.3) is 5.91 Å². The van der Waals surface area contributed by atoms with Gasteiger partial charge >= 0.3 is 6.03 Å². The minimum Gasteiger partial charge on any atom is -0.487 e. The lowest BCUT2D eigenvalue weighted by molar-refractivity contribution is -0.136. The van der Waals surface area contributed by atoms with E-state index in [-0.39, 0.29) is 31.3 Å². The fourth-order valence-corrected chi connectivity index (χ4v) is 4.96. The number of anilines is 1. The highest BCUT2D eigenvalue weighted by atomic mass is 35.5. The van der Waals surface area contributed by atoms with Crippen LogP contribution in [0.5, 0.6) is 5.75 Å². The molecule has 0 saturated carbocycles. The summed E-state index contributed by atoms with van der Waals surface area (Å²) in [5.41, 5.74) is 10.2. The summed E-state index contributed by atoms with van der Waals surface area (Å²) >= 11 is 6.36. The molecule has 0 radical (unpaired) electrons. The molecular formula is C29H28ClN5O5. The largest absolute Gasteiger partial charge is 0.487 e. The van der Waals surface area contributed by atoms with Crippen molar-refractivity contribution in [1.29, 1.82) is 0 Å². The number of nitrogens with two attached hydrogens (primary N) is 1. The Morgan fingerprint density at radius 2 is 1.77 bits per heavy atom. The van der Waals surface area contributed by atoms with E-state index in [9.17, 15) is 19.2 Å². The summed E-state index contributed by atoms with van der Waals surface area (Å²) in [6, 6.07) is 17.0. The number of benzene rings is 3. The van der Waals surface area contributed by atoms with Crippen LogP contribution in [0.2, 0.25) is 5.02 Å². The first kappa shape index (κ1) is 27.2. The van der Waals surface area contributed by atoms with Crippen molar-refractivity contribution in [1.82, 2.24) is 15.5 Å². The number of hydrogen-bond acceptors (Lipinski definition) is 6. The molecule has 2 aliphatic heterocycles. The van der Waals surface area contributed by atoms with E-state index >= 15 is 0 Å². The molecule has 0 aromatic heterocycles. The molecule has 0 bridgehead atoms. The summed E-state index contributed by atoms with van der Waals surface area (Å²) in [6.45, 7) is 1.32. The number of amides is 5. The molecule has 1 unspecified atom stereocenters. The molecular weight excluding hydrogens is 534 g/mol. The monoisotopic (exact) mass is 561 g/mol. The maximum atomic E-state index is 12.8. The second-order valence-electron chi connectivity index (χ2n) is 9.65. The van der Waals surface area contributed by atoms with Gasteiger partial charge in [0.05, 0.1) is 5.02 Å². The first-order valence-corrected chi connectivity index (χ1v) is 13.2. The Labute approximate surface area is 235 Å². The second-order valence-corrected chi connectivity index (χ2v) is 10.1. The Balaban J connectivity index is 1.13. The number of nitrogens with one attached hydrogen (secondary N) is 3. The Bertz CT molecular complexity index is 1480. The van der Waals surface area contributed by atoms with E-state index in [1.807, 2.05) is 30.3 Å². The molecule has 2 heterocycles. The van der Waals surface area contributed by atoms with Gasteiger partial charge in [-0.1, -0.05) is 48.0 Å². The van der Waals surface area contributed by atoms with E-state index in [2.05, 4.69) is 16.0 Å². The van der Waals surface area contributed by atoms with Gasteiger partial charge in [0.1, 0.15) is 18.4 Å². The maximum Gasteiger partial charge on any atom is 0.319 e. The molecule has 5 rings (SSSR count). The van der Waals surface area contributed by atoms with E-state index in [1.165, 1.54) is 4.90 Å². The van der Waals surface area contributed by atoms with Crippen LogP contribution in [0, 0.1) is 0 Å². The van der Waals surface area contributed by atoms with E-state index in [1.54, 1.807) is 30.3 Å². The van der Waals surface area contributed by atoms with Crippen LogP contribution < -0.4 is 26.4 Å². The molecule has 2 aliphatic rings. The number of hydrogen-bond donors (Lipinski definition) is 4. The highest BCUT2D eigenvalue weighted by Crippen LogP contribution is 2.29. The Morgan fingerprint density at radius 1 is 1.02 bits per heavy atom. The fraction of sp³-hybridized carbons (Fsp3) is 0.241. The van der Waals surface area contributed by atoms with Crippen molar-refractivity contribution < 1.29 is 23.9 Å². The van der Waals surface area contributed by atoms with Crippen LogP contribution in [-0.2, 0) is 35.8 Å². The van der Waals surface area contributed by atoms with E-state index < -0.39 is 18.0 Å². The van der Waals surface area contributed by atoms with Crippen LogP contribution in [0.3, 0.4) is 0 Å². The van der Waals surface area contributed by atoms with Crippen LogP contribution in [0.15, 0.2) is 60.7 Å². The summed E-state index contributed by atoms with van der Waals surface area (Å²) in [5, 5.41) is 8.20. The lowest BCUT2D eigenvalue weighted by Gasteiger charge is -2.29. The van der Waals surface area contributed by atoms with Crippen molar-refractivity contribution in [3.05, 3.63) is 93.5 Å². The molecule has 3 aromatic carbocycles. The van der Waals surface area contributed by atoms with Crippen molar-refractivity contribution in [3.63, 3.8) is 0 Å². The zero-order chi connectivity index (χ0) is 28.2. The third-order valence-electron chi connectivity index (χ3n) is 6.88. The molecule has 0 aliphatic carbocycles. The van der Waals surface area contributed by atoms with E-state index in [0.29, 0.717) is 41.6 Å². The number of urea groups is 1. The number of carbonyl (C=O) groups excluding carboxylic acids is 4. The van der Waals surface area contributed by atoms with Crippen LogP contribution in [-0.4, -0.2) is 34.7 Å². The summed E-state index contributed by atoms with van der Waals surface area (Å²) in [6.07, 6.45) is 0.505. The first-order chi connectivity index (χ1) is 19.3. The summed E-state index contributed by atoms with van der Waals surface area (Å²) in [4.78, 5) is 50.5. The molecule has 5 amide bonds. The van der Waals surface area contributed by atoms with Gasteiger partial charge in [0, 0.05) is 37.3 Å². The number of ether oxygens (including phenoxy) is 1. The van der Waals surface area contributed by atoms with Gasteiger partial charge in [-0.3, -0.25) is 19.7 Å². The zero-order valence-electron chi connectivity index (χ0n) is 21.5. The standard InChI is InChI=1S/C29H28ClN5O5/c30-23-12-21(6-9-25(23)40-16-18-3-1-17(13-31)2-4-18)33-29(39)32-14-19-5-7-22-20(11-19)15-35(28(22)38)24-8-10-26(36)34-27(24)37/h1-7,9,11-12,24H,8,10,13-16,31H2,(H2,32,33,39)(H,34,36,37). The Kier molecular flexibility index (Phi) is 7.99. The van der Waals surface area contributed by atoms with Gasteiger partial charge in [0.2, 0.25) is 11.8 Å². The molecule has 1 saturated heterocycles. The van der Waals surface area contributed by atoms with Crippen molar-refractivity contribution >= 4 is 41.0 Å². The highest BCUT2D eigenvalue weighted by Gasteiger charge is 2.39. The molecule has 206 valence electrons. The number of rotatable bonds is 8. The van der Waals surface area contributed by atoms with Crippen LogP contribution >= 0.6 is 11.6 Å². The predicted octanol–water partition coefficient (Wildman–Crippen LogP) is 3.46. The lowest BCUT2D eigenvalue weighted by Crippen LogP contribution is -2.52. The van der Waals surface area contributed by atoms with Gasteiger partial charge in [-0.05, 0) is 52.9 Å². The van der Waals surface area contributed by atoms with Gasteiger partial charge in [-0.25, -0.2) is 4.79 Å². The van der Waals surface area contributed by atoms with Crippen molar-refractivity contribution in [2.75, 3.05) is 5.32 Å². The fourth-order valence-electron chi connectivity index (χ4n) is 4.72. The van der Waals surface area contributed by atoms with Crippen LogP contribution in [0.1, 0.15) is 45.5 Å². The van der Waals surface area contributed by atoms with E-state index in [4.69, 9.17) is 22.1 Å². The van der Waals surface area contributed by atoms with Crippen molar-refractivity contribution in [2.45, 2.75) is 45.1 Å². The van der Waals surface area contributed by atoms with Gasteiger partial charge in [-0.15, -0.1) is 0 Å². The quantitative estimate of drug-likeness (QED) is 0.310. The molecule has 3 aromatic rings. The molecule has 0 spiro atoms. The molecule has 5 N–H and O–H groups in total. The van der Waals surface area contributed by atoms with Crippen molar-refractivity contribution in [2.24, 2.45) is 5.73 Å². The maximum absolute atomic E-state index is 12.8. The number of carbonyl (C=O) groups is 4. The number of halogens is 1. The third kappa shape index (κ3) is 6.08. The summed E-state index contributed by atoms with van der Waals surface area (Å²) in [7, 11) is 0. The van der Waals surface area contributed by atoms with Gasteiger partial charge in [0.15, 0.2) is 0 Å². The zero-order valence-corrected chi connectivity index (χ0v) is 22.3. The molecule has 1 fully saturated rings. The molecule has 11 heteroatoms. The third-order valence-corrected chi connectivity index (χ3v) is 7.18. The van der Waals surface area contributed by atoms with Crippen LogP contribution in [0.4, 0.5) is 10.5 Å². The average Bonchev–Trinajstić information content (AvgIpc) is 3.27. The Morgan fingerprint density at radius 3 is 2.50 bits per heavy atom. The number of imide groups is 1. The normalized spacial score (nSPS) is 16.4. The molecule has 10 nitrogen and oxygen atoms in total. The summed E-state index contributed by atoms with van der Waals surface area (Å²) < 4.78 is 5.81. The lowest BCUT2D eigenvalue weighted by atomic mass is 10.0. The van der Waals surface area contributed by atoms with Crippen molar-refractivity contribution in [3.8, 4) is 5.75 Å². The van der Waals surface area contributed by atoms with Crippen LogP contribution in [0.25, 0.3) is 0 Å². The second kappa shape index (κ2) is 11.8. The number of fused-ring (bicyclic) bond motifs is 1. The minimum absolute atomic E-state index is 0.200. The topological polar surface area (TPSA) is 143 Å². The summed E-state index contributed by atoms with van der Waals surface area (Å²) in [5.74, 6) is -0.521. The van der Waals surface area contributed by atoms with Gasteiger partial charge in [-0.2, -0.15) is 0 Å². The van der Waals surface area contributed by atoms with Gasteiger partial charge < -0.3 is 26.0 Å². The average molecular weight is 562 g/mol. The smallest absolute Gasteiger partial charge is 0.319 e.